The van der Waals surface area contributed by atoms with Crippen LogP contribution in [-0.4, -0.2) is 54.5 Å². The van der Waals surface area contributed by atoms with Crippen molar-refractivity contribution in [3.63, 3.8) is 0 Å². The van der Waals surface area contributed by atoms with E-state index in [2.05, 4.69) is 5.32 Å². The van der Waals surface area contributed by atoms with E-state index >= 15 is 0 Å². The molecule has 0 bridgehead atoms. The SMILES string of the molecule is CNC(=O)CN(C)C(=O)COC(=O)c1ccc(-n2cccc2)cc1. The van der Waals surface area contributed by atoms with E-state index in [4.69, 9.17) is 4.74 Å². The lowest BCUT2D eigenvalue weighted by molar-refractivity contribution is -0.137. The Morgan fingerprint density at radius 1 is 1.12 bits per heavy atom. The molecule has 0 aliphatic rings. The molecule has 2 aromatic rings. The Morgan fingerprint density at radius 2 is 1.75 bits per heavy atom. The number of aromatic nitrogens is 1. The number of benzene rings is 1. The van der Waals surface area contributed by atoms with Gasteiger partial charge in [-0.05, 0) is 36.4 Å². The van der Waals surface area contributed by atoms with Gasteiger partial charge >= 0.3 is 5.97 Å². The third kappa shape index (κ3) is 4.45. The Kier molecular flexibility index (Phi) is 5.73. The average molecular weight is 329 g/mol. The van der Waals surface area contributed by atoms with Crippen molar-refractivity contribution in [3.05, 3.63) is 54.4 Å². The van der Waals surface area contributed by atoms with Gasteiger partial charge in [-0.25, -0.2) is 4.79 Å². The van der Waals surface area contributed by atoms with Crippen molar-refractivity contribution in [3.8, 4) is 5.69 Å². The predicted octanol–water partition coefficient (Wildman–Crippen LogP) is 0.839. The first-order chi connectivity index (χ1) is 11.5. The number of carbonyl (C=O) groups excluding carboxylic acids is 3. The summed E-state index contributed by atoms with van der Waals surface area (Å²) in [5, 5.41) is 2.42. The van der Waals surface area contributed by atoms with Crippen molar-refractivity contribution in [2.75, 3.05) is 27.2 Å². The van der Waals surface area contributed by atoms with Crippen molar-refractivity contribution < 1.29 is 19.1 Å². The van der Waals surface area contributed by atoms with E-state index in [-0.39, 0.29) is 12.5 Å². The standard InChI is InChI=1S/C17H19N3O4/c1-18-15(21)11-19(2)16(22)12-24-17(23)13-5-7-14(8-6-13)20-9-3-4-10-20/h3-10H,11-12H2,1-2H3,(H,18,21). The zero-order chi connectivity index (χ0) is 17.5. The number of carbonyl (C=O) groups is 3. The highest BCUT2D eigenvalue weighted by atomic mass is 16.5. The molecule has 7 heteroatoms. The molecular weight excluding hydrogens is 310 g/mol. The summed E-state index contributed by atoms with van der Waals surface area (Å²) in [6, 6.07) is 10.7. The van der Waals surface area contributed by atoms with Crippen molar-refractivity contribution in [2.45, 2.75) is 0 Å². The number of amides is 2. The van der Waals surface area contributed by atoms with E-state index in [1.54, 1.807) is 24.3 Å². The molecule has 2 amide bonds. The second-order valence-electron chi connectivity index (χ2n) is 5.14. The summed E-state index contributed by atoms with van der Waals surface area (Å²) >= 11 is 0. The van der Waals surface area contributed by atoms with Crippen LogP contribution < -0.4 is 5.32 Å². The smallest absolute Gasteiger partial charge is 0.338 e. The lowest BCUT2D eigenvalue weighted by Gasteiger charge is -2.15. The van der Waals surface area contributed by atoms with Crippen LogP contribution >= 0.6 is 0 Å². The third-order valence-electron chi connectivity index (χ3n) is 3.42. The summed E-state index contributed by atoms with van der Waals surface area (Å²) in [6.45, 7) is -0.496. The lowest BCUT2D eigenvalue weighted by atomic mass is 10.2. The minimum atomic E-state index is -0.587. The third-order valence-corrected chi connectivity index (χ3v) is 3.42. The number of hydrogen-bond acceptors (Lipinski definition) is 4. The molecule has 0 saturated heterocycles. The molecule has 0 aliphatic heterocycles. The van der Waals surface area contributed by atoms with Crippen molar-refractivity contribution in [1.29, 1.82) is 0 Å². The molecule has 24 heavy (non-hydrogen) atoms. The van der Waals surface area contributed by atoms with Crippen LogP contribution in [0.4, 0.5) is 0 Å². The van der Waals surface area contributed by atoms with Gasteiger partial charge in [0.2, 0.25) is 5.91 Å². The van der Waals surface area contributed by atoms with Crippen LogP contribution in [0.15, 0.2) is 48.8 Å². The summed E-state index contributed by atoms with van der Waals surface area (Å²) in [7, 11) is 2.95. The highest BCUT2D eigenvalue weighted by Crippen LogP contribution is 2.11. The molecular formula is C17H19N3O4. The van der Waals surface area contributed by atoms with Gasteiger partial charge < -0.3 is 19.5 Å². The summed E-state index contributed by atoms with van der Waals surface area (Å²) in [5.74, 6) is -1.33. The fraction of sp³-hybridized carbons (Fsp3) is 0.235. The number of likely N-dealkylation sites (N-methyl/N-ethyl adjacent to an activating group) is 2. The van der Waals surface area contributed by atoms with Gasteiger partial charge in [0.05, 0.1) is 12.1 Å². The molecule has 126 valence electrons. The number of nitrogens with one attached hydrogen (secondary N) is 1. The van der Waals surface area contributed by atoms with Crippen LogP contribution in [0.3, 0.4) is 0 Å². The first kappa shape index (κ1) is 17.3. The average Bonchev–Trinajstić information content (AvgIpc) is 3.13. The normalized spacial score (nSPS) is 10.1. The molecule has 0 saturated carbocycles. The largest absolute Gasteiger partial charge is 0.452 e. The summed E-state index contributed by atoms with van der Waals surface area (Å²) in [4.78, 5) is 36.2. The highest BCUT2D eigenvalue weighted by molar-refractivity contribution is 5.92. The van der Waals surface area contributed by atoms with Crippen LogP contribution in [0.5, 0.6) is 0 Å². The number of nitrogens with zero attached hydrogens (tertiary/aromatic N) is 2. The van der Waals surface area contributed by atoms with Crippen LogP contribution in [-0.2, 0) is 14.3 Å². The molecule has 7 nitrogen and oxygen atoms in total. The zero-order valence-corrected chi connectivity index (χ0v) is 13.6. The minimum absolute atomic E-state index is 0.0849. The Morgan fingerprint density at radius 3 is 2.33 bits per heavy atom. The van der Waals surface area contributed by atoms with Crippen LogP contribution in [0.2, 0.25) is 0 Å². The second kappa shape index (κ2) is 7.96. The Labute approximate surface area is 139 Å². The lowest BCUT2D eigenvalue weighted by Crippen LogP contribution is -2.39. The van der Waals surface area contributed by atoms with Crippen molar-refractivity contribution in [2.24, 2.45) is 0 Å². The molecule has 0 unspecified atom stereocenters. The Hall–Kier alpha value is -3.09. The van der Waals surface area contributed by atoms with E-state index < -0.39 is 18.5 Å². The van der Waals surface area contributed by atoms with Gasteiger partial charge in [-0.3, -0.25) is 9.59 Å². The molecule has 2 rings (SSSR count). The van der Waals surface area contributed by atoms with E-state index in [1.807, 2.05) is 29.1 Å². The summed E-state index contributed by atoms with van der Waals surface area (Å²) < 4.78 is 6.90. The number of ether oxygens (including phenoxy) is 1. The maximum atomic E-state index is 12.0. The van der Waals surface area contributed by atoms with Gasteiger partial charge in [-0.1, -0.05) is 0 Å². The maximum Gasteiger partial charge on any atom is 0.338 e. The van der Waals surface area contributed by atoms with Gasteiger partial charge in [0.25, 0.3) is 5.91 Å². The summed E-state index contributed by atoms with van der Waals surface area (Å²) in [5.41, 5.74) is 1.27. The molecule has 0 spiro atoms. The first-order valence-electron chi connectivity index (χ1n) is 7.36. The number of esters is 1. The van der Waals surface area contributed by atoms with E-state index in [0.717, 1.165) is 5.69 Å². The van der Waals surface area contributed by atoms with Crippen molar-refractivity contribution in [1.82, 2.24) is 14.8 Å². The highest BCUT2D eigenvalue weighted by Gasteiger charge is 2.15. The van der Waals surface area contributed by atoms with Gasteiger partial charge in [0.1, 0.15) is 0 Å². The number of rotatable bonds is 6. The fourth-order valence-corrected chi connectivity index (χ4v) is 1.98. The molecule has 1 heterocycles. The quantitative estimate of drug-likeness (QED) is 0.796. The Bertz CT molecular complexity index is 708. The van der Waals surface area contributed by atoms with Crippen molar-refractivity contribution >= 4 is 17.8 Å². The zero-order valence-electron chi connectivity index (χ0n) is 13.6. The second-order valence-corrected chi connectivity index (χ2v) is 5.14. The predicted molar refractivity (Wildman–Crippen MR) is 87.8 cm³/mol. The van der Waals surface area contributed by atoms with Gasteiger partial charge in [-0.15, -0.1) is 0 Å². The molecule has 1 aromatic heterocycles. The topological polar surface area (TPSA) is 80.6 Å². The maximum absolute atomic E-state index is 12.0. The van der Waals surface area contributed by atoms with Crippen LogP contribution in [0, 0.1) is 0 Å². The molecule has 1 N–H and O–H groups in total. The Balaban J connectivity index is 1.88. The van der Waals surface area contributed by atoms with E-state index in [0.29, 0.717) is 5.56 Å². The molecule has 0 aliphatic carbocycles. The van der Waals surface area contributed by atoms with E-state index in [9.17, 15) is 14.4 Å². The molecule has 0 fully saturated rings. The summed E-state index contributed by atoms with van der Waals surface area (Å²) in [6.07, 6.45) is 3.79. The van der Waals surface area contributed by atoms with E-state index in [1.165, 1.54) is 19.0 Å². The van der Waals surface area contributed by atoms with Crippen LogP contribution in [0.1, 0.15) is 10.4 Å². The van der Waals surface area contributed by atoms with Gasteiger partial charge in [-0.2, -0.15) is 0 Å². The first-order valence-corrected chi connectivity index (χ1v) is 7.36. The minimum Gasteiger partial charge on any atom is -0.452 e. The van der Waals surface area contributed by atoms with Gasteiger partial charge in [0, 0.05) is 32.2 Å². The molecule has 1 aromatic carbocycles. The molecule has 0 radical (unpaired) electrons. The molecule has 0 atom stereocenters. The number of hydrogen-bond donors (Lipinski definition) is 1. The monoisotopic (exact) mass is 329 g/mol. The fourth-order valence-electron chi connectivity index (χ4n) is 1.98. The van der Waals surface area contributed by atoms with Crippen LogP contribution in [0.25, 0.3) is 5.69 Å². The van der Waals surface area contributed by atoms with Gasteiger partial charge in [0.15, 0.2) is 6.61 Å².